The topological polar surface area (TPSA) is 53.9 Å². The number of hydrogen-bond donors (Lipinski definition) is 1. The van der Waals surface area contributed by atoms with Gasteiger partial charge in [0.15, 0.2) is 10.1 Å². The van der Waals surface area contributed by atoms with E-state index in [0.717, 1.165) is 27.4 Å². The molecule has 0 bridgehead atoms. The van der Waals surface area contributed by atoms with Gasteiger partial charge in [-0.25, -0.2) is 4.98 Å². The highest BCUT2D eigenvalue weighted by atomic mass is 32.1. The first-order valence-corrected chi connectivity index (χ1v) is 7.53. The maximum atomic E-state index is 4.52. The third-order valence-corrected chi connectivity index (χ3v) is 4.39. The first-order chi connectivity index (χ1) is 8.60. The first kappa shape index (κ1) is 13.2. The Balaban J connectivity index is 2.13. The molecule has 0 spiro atoms. The van der Waals surface area contributed by atoms with Crippen molar-refractivity contribution >= 4 is 32.9 Å². The van der Waals surface area contributed by atoms with Gasteiger partial charge in [0.25, 0.3) is 0 Å². The molecular formula is C11H17N5S2. The smallest absolute Gasteiger partial charge is 0.206 e. The van der Waals surface area contributed by atoms with Crippen LogP contribution in [-0.2, 0) is 0 Å². The molecule has 2 aromatic heterocycles. The maximum Gasteiger partial charge on any atom is 0.206 e. The van der Waals surface area contributed by atoms with E-state index in [0.29, 0.717) is 6.04 Å². The second-order valence-electron chi connectivity index (χ2n) is 4.28. The predicted molar refractivity (Wildman–Crippen MR) is 78.7 cm³/mol. The molecule has 2 rings (SSSR count). The molecule has 0 amide bonds. The molecule has 2 heterocycles. The van der Waals surface area contributed by atoms with Crippen molar-refractivity contribution in [3.63, 3.8) is 0 Å². The van der Waals surface area contributed by atoms with Crippen LogP contribution in [0.25, 0.3) is 10.7 Å². The summed E-state index contributed by atoms with van der Waals surface area (Å²) >= 11 is 3.16. The zero-order valence-corrected chi connectivity index (χ0v) is 12.6. The average Bonchev–Trinajstić information content (AvgIpc) is 2.96. The second kappa shape index (κ2) is 5.62. The highest BCUT2D eigenvalue weighted by molar-refractivity contribution is 7.19. The fourth-order valence-corrected chi connectivity index (χ4v) is 2.90. The standard InChI is InChI=1S/C11H17N5S2/c1-5-7(2)12-10-15-14-9(18-10)8-6-17-11(13-8)16(3)4/h6-7H,5H2,1-4H3,(H,12,15). The van der Waals surface area contributed by atoms with Gasteiger partial charge in [0, 0.05) is 25.5 Å². The van der Waals surface area contributed by atoms with Gasteiger partial charge in [-0.2, -0.15) is 0 Å². The number of thiazole rings is 1. The molecular weight excluding hydrogens is 266 g/mol. The van der Waals surface area contributed by atoms with Crippen LogP contribution < -0.4 is 10.2 Å². The van der Waals surface area contributed by atoms with E-state index in [1.54, 1.807) is 22.7 Å². The minimum absolute atomic E-state index is 0.415. The predicted octanol–water partition coefficient (Wildman–Crippen LogP) is 2.94. The molecule has 1 atom stereocenters. The third-order valence-electron chi connectivity index (χ3n) is 2.50. The van der Waals surface area contributed by atoms with Crippen LogP contribution in [0.2, 0.25) is 0 Å². The number of aromatic nitrogens is 3. The summed E-state index contributed by atoms with van der Waals surface area (Å²) in [4.78, 5) is 6.51. The largest absolute Gasteiger partial charge is 0.358 e. The molecule has 1 N–H and O–H groups in total. The lowest BCUT2D eigenvalue weighted by molar-refractivity contribution is 0.760. The quantitative estimate of drug-likeness (QED) is 0.914. The zero-order chi connectivity index (χ0) is 13.1. The van der Waals surface area contributed by atoms with Crippen LogP contribution in [0.1, 0.15) is 20.3 Å². The van der Waals surface area contributed by atoms with E-state index >= 15 is 0 Å². The SMILES string of the molecule is CCC(C)Nc1nnc(-c2csc(N(C)C)n2)s1. The van der Waals surface area contributed by atoms with Crippen LogP contribution in [0, 0.1) is 0 Å². The van der Waals surface area contributed by atoms with Crippen LogP contribution in [-0.4, -0.2) is 35.3 Å². The molecule has 2 aromatic rings. The van der Waals surface area contributed by atoms with Gasteiger partial charge in [0.2, 0.25) is 5.13 Å². The van der Waals surface area contributed by atoms with Crippen LogP contribution >= 0.6 is 22.7 Å². The molecule has 0 radical (unpaired) electrons. The van der Waals surface area contributed by atoms with Crippen molar-refractivity contribution in [3.05, 3.63) is 5.38 Å². The molecule has 0 fully saturated rings. The number of rotatable bonds is 5. The van der Waals surface area contributed by atoms with Crippen molar-refractivity contribution in [1.82, 2.24) is 15.2 Å². The summed E-state index contributed by atoms with van der Waals surface area (Å²) in [5.74, 6) is 0. The summed E-state index contributed by atoms with van der Waals surface area (Å²) in [6, 6.07) is 0.415. The Morgan fingerprint density at radius 3 is 2.78 bits per heavy atom. The number of hydrogen-bond acceptors (Lipinski definition) is 7. The molecule has 98 valence electrons. The van der Waals surface area contributed by atoms with Gasteiger partial charge in [0.05, 0.1) is 0 Å². The lowest BCUT2D eigenvalue weighted by Gasteiger charge is -2.07. The molecule has 0 aliphatic rings. The Morgan fingerprint density at radius 1 is 1.39 bits per heavy atom. The first-order valence-electron chi connectivity index (χ1n) is 5.83. The van der Waals surface area contributed by atoms with Crippen molar-refractivity contribution in [2.45, 2.75) is 26.3 Å². The summed E-state index contributed by atoms with van der Waals surface area (Å²) in [5.41, 5.74) is 0.901. The van der Waals surface area contributed by atoms with Gasteiger partial charge in [-0.1, -0.05) is 18.3 Å². The van der Waals surface area contributed by atoms with Gasteiger partial charge in [-0.05, 0) is 13.3 Å². The zero-order valence-electron chi connectivity index (χ0n) is 11.0. The Bertz CT molecular complexity index is 505. The Labute approximate surface area is 115 Å². The molecule has 1 unspecified atom stereocenters. The average molecular weight is 283 g/mol. The molecule has 0 aliphatic carbocycles. The van der Waals surface area contributed by atoms with Crippen LogP contribution in [0.15, 0.2) is 5.38 Å². The number of nitrogens with zero attached hydrogens (tertiary/aromatic N) is 4. The van der Waals surface area contributed by atoms with E-state index in [1.807, 2.05) is 24.4 Å². The van der Waals surface area contributed by atoms with Gasteiger partial charge in [-0.15, -0.1) is 21.5 Å². The lowest BCUT2D eigenvalue weighted by atomic mass is 10.3. The molecule has 0 saturated heterocycles. The van der Waals surface area contributed by atoms with Crippen LogP contribution in [0.5, 0.6) is 0 Å². The molecule has 0 saturated carbocycles. The number of nitrogens with one attached hydrogen (secondary N) is 1. The minimum Gasteiger partial charge on any atom is -0.358 e. The van der Waals surface area contributed by atoms with Crippen molar-refractivity contribution in [2.75, 3.05) is 24.3 Å². The summed E-state index contributed by atoms with van der Waals surface area (Å²) in [6.45, 7) is 4.28. The Hall–Kier alpha value is -1.21. The summed E-state index contributed by atoms with van der Waals surface area (Å²) < 4.78 is 0. The second-order valence-corrected chi connectivity index (χ2v) is 6.09. The summed E-state index contributed by atoms with van der Waals surface area (Å²) in [5, 5.41) is 16.4. The highest BCUT2D eigenvalue weighted by Crippen LogP contribution is 2.30. The summed E-state index contributed by atoms with van der Waals surface area (Å²) in [6.07, 6.45) is 1.07. The van der Waals surface area contributed by atoms with Gasteiger partial charge >= 0.3 is 0 Å². The number of anilines is 2. The monoisotopic (exact) mass is 283 g/mol. The third kappa shape index (κ3) is 2.97. The van der Waals surface area contributed by atoms with E-state index in [9.17, 15) is 0 Å². The van der Waals surface area contributed by atoms with Crippen LogP contribution in [0.4, 0.5) is 10.3 Å². The van der Waals surface area contributed by atoms with Gasteiger partial charge in [0.1, 0.15) is 5.69 Å². The van der Waals surface area contributed by atoms with Crippen molar-refractivity contribution in [2.24, 2.45) is 0 Å². The Kier molecular flexibility index (Phi) is 4.13. The molecule has 5 nitrogen and oxygen atoms in total. The molecule has 0 aromatic carbocycles. The lowest BCUT2D eigenvalue weighted by Crippen LogP contribution is -2.12. The van der Waals surface area contributed by atoms with Crippen molar-refractivity contribution < 1.29 is 0 Å². The fraction of sp³-hybridized carbons (Fsp3) is 0.545. The Morgan fingerprint density at radius 2 is 2.17 bits per heavy atom. The van der Waals surface area contributed by atoms with Crippen molar-refractivity contribution in [1.29, 1.82) is 0 Å². The van der Waals surface area contributed by atoms with Gasteiger partial charge in [-0.3, -0.25) is 0 Å². The minimum atomic E-state index is 0.415. The van der Waals surface area contributed by atoms with E-state index in [4.69, 9.17) is 0 Å². The van der Waals surface area contributed by atoms with Crippen LogP contribution in [0.3, 0.4) is 0 Å². The maximum absolute atomic E-state index is 4.52. The molecule has 18 heavy (non-hydrogen) atoms. The molecule has 7 heteroatoms. The fourth-order valence-electron chi connectivity index (χ4n) is 1.27. The highest BCUT2D eigenvalue weighted by Gasteiger charge is 2.12. The van der Waals surface area contributed by atoms with Gasteiger partial charge < -0.3 is 10.2 Å². The van der Waals surface area contributed by atoms with E-state index in [2.05, 4.69) is 34.3 Å². The van der Waals surface area contributed by atoms with E-state index in [1.165, 1.54) is 0 Å². The summed E-state index contributed by atoms with van der Waals surface area (Å²) in [7, 11) is 3.97. The van der Waals surface area contributed by atoms with E-state index < -0.39 is 0 Å². The molecule has 0 aliphatic heterocycles. The van der Waals surface area contributed by atoms with E-state index in [-0.39, 0.29) is 0 Å². The van der Waals surface area contributed by atoms with Crippen molar-refractivity contribution in [3.8, 4) is 10.7 Å². The normalized spacial score (nSPS) is 12.4.